The predicted octanol–water partition coefficient (Wildman–Crippen LogP) is 2.55. The van der Waals surface area contributed by atoms with Crippen molar-refractivity contribution in [3.63, 3.8) is 0 Å². The maximum atomic E-state index is 11.4. The van der Waals surface area contributed by atoms with Crippen molar-refractivity contribution in [2.75, 3.05) is 0 Å². The molecule has 1 nitrogen and oxygen atoms in total. The van der Waals surface area contributed by atoms with Crippen molar-refractivity contribution in [2.45, 2.75) is 44.9 Å². The second-order valence-corrected chi connectivity index (χ2v) is 4.02. The van der Waals surface area contributed by atoms with Gasteiger partial charge in [-0.3, -0.25) is 4.79 Å². The van der Waals surface area contributed by atoms with Gasteiger partial charge in [-0.1, -0.05) is 19.3 Å². The molecular weight excluding hydrogens is 136 g/mol. The summed E-state index contributed by atoms with van der Waals surface area (Å²) in [6.45, 7) is 0. The summed E-state index contributed by atoms with van der Waals surface area (Å²) in [6, 6.07) is 0. The molecule has 0 heterocycles. The molecule has 0 spiro atoms. The zero-order chi connectivity index (χ0) is 7.68. The summed E-state index contributed by atoms with van der Waals surface area (Å²) in [5, 5.41) is 0. The maximum Gasteiger partial charge on any atom is 0.136 e. The summed E-state index contributed by atoms with van der Waals surface area (Å²) < 4.78 is 0. The van der Waals surface area contributed by atoms with Gasteiger partial charge < -0.3 is 0 Å². The number of fused-ring (bicyclic) bond motifs is 1. The molecule has 0 aromatic carbocycles. The first-order valence-electron chi connectivity index (χ1n) is 4.90. The quantitative estimate of drug-likeness (QED) is 0.521. The molecule has 2 aliphatic rings. The van der Waals surface area contributed by atoms with Crippen molar-refractivity contribution in [3.05, 3.63) is 0 Å². The molecule has 2 aliphatic carbocycles. The lowest BCUT2D eigenvalue weighted by Crippen LogP contribution is -2.00. The Kier molecular flexibility index (Phi) is 1.97. The first-order chi connectivity index (χ1) is 5.38. The van der Waals surface area contributed by atoms with Crippen molar-refractivity contribution in [1.29, 1.82) is 0 Å². The topological polar surface area (TPSA) is 17.1 Å². The van der Waals surface area contributed by atoms with Gasteiger partial charge in [-0.25, -0.2) is 0 Å². The van der Waals surface area contributed by atoms with Crippen molar-refractivity contribution < 1.29 is 4.79 Å². The van der Waals surface area contributed by atoms with Crippen LogP contribution < -0.4 is 0 Å². The molecule has 0 amide bonds. The van der Waals surface area contributed by atoms with Crippen LogP contribution in [0.4, 0.5) is 0 Å². The highest BCUT2D eigenvalue weighted by Gasteiger charge is 2.41. The van der Waals surface area contributed by atoms with Gasteiger partial charge in [-0.2, -0.15) is 0 Å². The Morgan fingerprint density at radius 1 is 1.09 bits per heavy atom. The van der Waals surface area contributed by atoms with Gasteiger partial charge >= 0.3 is 0 Å². The Labute approximate surface area is 68.2 Å². The first kappa shape index (κ1) is 7.33. The van der Waals surface area contributed by atoms with Gasteiger partial charge in [0.05, 0.1) is 0 Å². The monoisotopic (exact) mass is 152 g/mol. The molecule has 0 aromatic heterocycles. The second-order valence-electron chi connectivity index (χ2n) is 4.02. The lowest BCUT2D eigenvalue weighted by atomic mass is 10.1. The van der Waals surface area contributed by atoms with Crippen LogP contribution in [0, 0.1) is 11.8 Å². The van der Waals surface area contributed by atoms with Gasteiger partial charge in [0, 0.05) is 12.3 Å². The molecule has 62 valence electrons. The summed E-state index contributed by atoms with van der Waals surface area (Å²) in [6.07, 6.45) is 8.59. The number of hydrogen-bond acceptors (Lipinski definition) is 1. The maximum absolute atomic E-state index is 11.4. The van der Waals surface area contributed by atoms with Crippen LogP contribution in [0.2, 0.25) is 0 Å². The highest BCUT2D eigenvalue weighted by atomic mass is 16.1. The Balaban J connectivity index is 1.90. The Morgan fingerprint density at radius 2 is 1.91 bits per heavy atom. The number of Topliss-reactive ketones (excluding diaryl/α,β-unsaturated/α-hetero) is 1. The summed E-state index contributed by atoms with van der Waals surface area (Å²) in [5.74, 6) is 1.88. The van der Waals surface area contributed by atoms with Gasteiger partial charge in [0.25, 0.3) is 0 Å². The van der Waals surface area contributed by atoms with E-state index in [1.54, 1.807) is 0 Å². The van der Waals surface area contributed by atoms with E-state index in [1.165, 1.54) is 32.1 Å². The minimum Gasteiger partial charge on any atom is -0.299 e. The van der Waals surface area contributed by atoms with Crippen LogP contribution in [-0.2, 0) is 4.79 Å². The number of ketones is 1. The molecule has 0 saturated heterocycles. The fourth-order valence-electron chi connectivity index (χ4n) is 2.21. The largest absolute Gasteiger partial charge is 0.299 e. The number of hydrogen-bond donors (Lipinski definition) is 0. The Morgan fingerprint density at radius 3 is 2.82 bits per heavy atom. The number of carbonyl (C=O) groups is 1. The van der Waals surface area contributed by atoms with Crippen LogP contribution in [0.3, 0.4) is 0 Å². The molecule has 1 heteroatoms. The molecule has 2 rings (SSSR count). The van der Waals surface area contributed by atoms with E-state index in [4.69, 9.17) is 0 Å². The molecule has 2 saturated carbocycles. The van der Waals surface area contributed by atoms with Crippen molar-refractivity contribution in [2.24, 2.45) is 11.8 Å². The minimum absolute atomic E-state index is 0.507. The molecular formula is C10H16O. The zero-order valence-electron chi connectivity index (χ0n) is 7.01. The second kappa shape index (κ2) is 2.96. The van der Waals surface area contributed by atoms with E-state index >= 15 is 0 Å². The Bertz CT molecular complexity index is 162. The van der Waals surface area contributed by atoms with Gasteiger partial charge in [0.1, 0.15) is 5.78 Å². The SMILES string of the molecule is O=C1CCCCCC[C@@H]2C[C@H]12. The van der Waals surface area contributed by atoms with Crippen molar-refractivity contribution >= 4 is 5.78 Å². The van der Waals surface area contributed by atoms with Crippen LogP contribution in [0.1, 0.15) is 44.9 Å². The number of rotatable bonds is 0. The van der Waals surface area contributed by atoms with Crippen LogP contribution in [0.5, 0.6) is 0 Å². The van der Waals surface area contributed by atoms with Gasteiger partial charge in [-0.05, 0) is 25.2 Å². The summed E-state index contributed by atoms with van der Waals surface area (Å²) in [7, 11) is 0. The fourth-order valence-corrected chi connectivity index (χ4v) is 2.21. The molecule has 0 unspecified atom stereocenters. The highest BCUT2D eigenvalue weighted by molar-refractivity contribution is 5.83. The van der Waals surface area contributed by atoms with Crippen LogP contribution in [0.25, 0.3) is 0 Å². The molecule has 11 heavy (non-hydrogen) atoms. The smallest absolute Gasteiger partial charge is 0.136 e. The normalized spacial score (nSPS) is 38.4. The Hall–Kier alpha value is -0.330. The zero-order valence-corrected chi connectivity index (χ0v) is 7.01. The average Bonchev–Trinajstić information content (AvgIpc) is 2.74. The standard InChI is InChI=1S/C10H16O/c11-10-6-4-2-1-3-5-8-7-9(8)10/h8-9H,1-7H2/t8-,9+/m1/s1. The van der Waals surface area contributed by atoms with E-state index in [1.807, 2.05) is 0 Å². The molecule has 2 fully saturated rings. The lowest BCUT2D eigenvalue weighted by Gasteiger charge is -1.95. The molecule has 2 atom stereocenters. The predicted molar refractivity (Wildman–Crippen MR) is 44.3 cm³/mol. The van der Waals surface area contributed by atoms with E-state index in [-0.39, 0.29) is 0 Å². The lowest BCUT2D eigenvalue weighted by molar-refractivity contribution is -0.120. The summed E-state index contributed by atoms with van der Waals surface area (Å²) >= 11 is 0. The third-order valence-corrected chi connectivity index (χ3v) is 3.08. The van der Waals surface area contributed by atoms with E-state index < -0.39 is 0 Å². The van der Waals surface area contributed by atoms with E-state index in [0.29, 0.717) is 11.7 Å². The summed E-state index contributed by atoms with van der Waals surface area (Å²) in [5.41, 5.74) is 0. The molecule has 0 radical (unpaired) electrons. The molecule has 0 N–H and O–H groups in total. The van der Waals surface area contributed by atoms with E-state index in [9.17, 15) is 4.79 Å². The van der Waals surface area contributed by atoms with Crippen LogP contribution in [-0.4, -0.2) is 5.78 Å². The highest BCUT2D eigenvalue weighted by Crippen LogP contribution is 2.44. The van der Waals surface area contributed by atoms with Gasteiger partial charge in [-0.15, -0.1) is 0 Å². The van der Waals surface area contributed by atoms with Gasteiger partial charge in [0.15, 0.2) is 0 Å². The van der Waals surface area contributed by atoms with Crippen molar-refractivity contribution in [3.8, 4) is 0 Å². The number of carbonyl (C=O) groups excluding carboxylic acids is 1. The fraction of sp³-hybridized carbons (Fsp3) is 0.900. The van der Waals surface area contributed by atoms with Crippen molar-refractivity contribution in [1.82, 2.24) is 0 Å². The molecule has 0 aliphatic heterocycles. The minimum atomic E-state index is 0.507. The van der Waals surface area contributed by atoms with E-state index in [2.05, 4.69) is 0 Å². The van der Waals surface area contributed by atoms with E-state index in [0.717, 1.165) is 18.8 Å². The molecule has 0 aromatic rings. The third-order valence-electron chi connectivity index (χ3n) is 3.08. The third kappa shape index (κ3) is 1.63. The first-order valence-corrected chi connectivity index (χ1v) is 4.90. The van der Waals surface area contributed by atoms with Gasteiger partial charge in [0.2, 0.25) is 0 Å². The molecule has 0 bridgehead atoms. The van der Waals surface area contributed by atoms with Crippen LogP contribution >= 0.6 is 0 Å². The average molecular weight is 152 g/mol. The van der Waals surface area contributed by atoms with Crippen LogP contribution in [0.15, 0.2) is 0 Å². The summed E-state index contributed by atoms with van der Waals surface area (Å²) in [4.78, 5) is 11.4.